The molecule has 0 bridgehead atoms. The first kappa shape index (κ1) is 17.2. The van der Waals surface area contributed by atoms with Gasteiger partial charge in [0.15, 0.2) is 0 Å². The van der Waals surface area contributed by atoms with Crippen LogP contribution in [0.3, 0.4) is 0 Å². The third kappa shape index (κ3) is 5.55. The molecule has 1 aromatic carbocycles. The van der Waals surface area contributed by atoms with Crippen LogP contribution in [0.5, 0.6) is 0 Å². The summed E-state index contributed by atoms with van der Waals surface area (Å²) in [7, 11) is 1.34. The van der Waals surface area contributed by atoms with E-state index >= 15 is 0 Å². The van der Waals surface area contributed by atoms with Gasteiger partial charge in [-0.25, -0.2) is 4.79 Å². The summed E-state index contributed by atoms with van der Waals surface area (Å²) in [4.78, 5) is 23.9. The summed E-state index contributed by atoms with van der Waals surface area (Å²) < 4.78 is 4.81. The molecule has 0 heterocycles. The average molecular weight is 292 g/mol. The summed E-state index contributed by atoms with van der Waals surface area (Å²) in [5, 5.41) is 5.87. The normalized spacial score (nSPS) is 13.3. The molecular weight excluding hydrogens is 268 g/mol. The molecule has 0 aliphatic rings. The van der Waals surface area contributed by atoms with Gasteiger partial charge in [-0.1, -0.05) is 43.7 Å². The zero-order valence-corrected chi connectivity index (χ0v) is 12.9. The molecule has 0 aliphatic carbocycles. The number of methoxy groups -OCH3 is 1. The molecule has 0 fully saturated rings. The Kier molecular flexibility index (Phi) is 7.46. The van der Waals surface area contributed by atoms with Crippen LogP contribution in [0.2, 0.25) is 0 Å². The number of hydrogen-bond acceptors (Lipinski definition) is 4. The van der Waals surface area contributed by atoms with Crippen LogP contribution in [0.1, 0.15) is 38.3 Å². The van der Waals surface area contributed by atoms with Gasteiger partial charge < -0.3 is 10.1 Å². The highest BCUT2D eigenvalue weighted by atomic mass is 16.5. The van der Waals surface area contributed by atoms with E-state index in [1.807, 2.05) is 30.3 Å². The maximum absolute atomic E-state index is 12.0. The first-order chi connectivity index (χ1) is 10.1. The van der Waals surface area contributed by atoms with Crippen molar-refractivity contribution in [3.05, 3.63) is 35.9 Å². The van der Waals surface area contributed by atoms with Gasteiger partial charge in [-0.15, -0.1) is 0 Å². The van der Waals surface area contributed by atoms with Gasteiger partial charge in [-0.3, -0.25) is 10.1 Å². The molecule has 21 heavy (non-hydrogen) atoms. The molecule has 2 N–H and O–H groups in total. The number of benzene rings is 1. The Morgan fingerprint density at radius 2 is 1.90 bits per heavy atom. The monoisotopic (exact) mass is 292 g/mol. The third-order valence-electron chi connectivity index (χ3n) is 3.21. The molecule has 0 radical (unpaired) electrons. The lowest BCUT2D eigenvalue weighted by molar-refractivity contribution is -0.143. The van der Waals surface area contributed by atoms with Gasteiger partial charge in [-0.2, -0.15) is 0 Å². The maximum atomic E-state index is 12.0. The molecule has 116 valence electrons. The van der Waals surface area contributed by atoms with Gasteiger partial charge >= 0.3 is 5.97 Å². The molecule has 0 aromatic heterocycles. The van der Waals surface area contributed by atoms with E-state index in [0.29, 0.717) is 6.54 Å². The van der Waals surface area contributed by atoms with Crippen molar-refractivity contribution in [3.63, 3.8) is 0 Å². The number of esters is 1. The quantitative estimate of drug-likeness (QED) is 0.566. The summed E-state index contributed by atoms with van der Waals surface area (Å²) in [6, 6.07) is 8.10. The predicted octanol–water partition coefficient (Wildman–Crippen LogP) is 1.80. The Hall–Kier alpha value is -1.88. The van der Waals surface area contributed by atoms with E-state index in [-0.39, 0.29) is 5.91 Å². The second kappa shape index (κ2) is 9.13. The number of hydrogen-bond donors (Lipinski definition) is 2. The largest absolute Gasteiger partial charge is 0.468 e. The van der Waals surface area contributed by atoms with E-state index in [2.05, 4.69) is 17.6 Å². The number of ether oxygens (including phenoxy) is 1. The van der Waals surface area contributed by atoms with E-state index < -0.39 is 18.1 Å². The van der Waals surface area contributed by atoms with Gasteiger partial charge in [0.1, 0.15) is 6.04 Å². The van der Waals surface area contributed by atoms with Gasteiger partial charge in [0.2, 0.25) is 5.91 Å². The van der Waals surface area contributed by atoms with Crippen molar-refractivity contribution in [3.8, 4) is 0 Å². The maximum Gasteiger partial charge on any atom is 0.327 e. The second-order valence-electron chi connectivity index (χ2n) is 4.90. The van der Waals surface area contributed by atoms with Crippen molar-refractivity contribution < 1.29 is 14.3 Å². The van der Waals surface area contributed by atoms with Gasteiger partial charge in [0.25, 0.3) is 0 Å². The zero-order valence-electron chi connectivity index (χ0n) is 12.9. The Balaban J connectivity index is 2.69. The molecule has 2 atom stereocenters. The van der Waals surface area contributed by atoms with Crippen LogP contribution in [-0.4, -0.2) is 31.6 Å². The molecule has 0 spiro atoms. The number of amides is 1. The van der Waals surface area contributed by atoms with E-state index in [4.69, 9.17) is 4.74 Å². The summed E-state index contributed by atoms with van der Waals surface area (Å²) in [5.41, 5.74) is 0.776. The standard InChI is InChI=1S/C16H24N2O3/c1-4-5-11-17-15(19)12(2)18-14(16(20)21-3)13-9-7-6-8-10-13/h6-10,12,14,18H,4-5,11H2,1-3H3,(H,17,19). The van der Waals surface area contributed by atoms with Crippen molar-refractivity contribution in [2.75, 3.05) is 13.7 Å². The van der Waals surface area contributed by atoms with E-state index in [9.17, 15) is 9.59 Å². The lowest BCUT2D eigenvalue weighted by Crippen LogP contribution is -2.46. The van der Waals surface area contributed by atoms with Crippen molar-refractivity contribution in [1.82, 2.24) is 10.6 Å². The van der Waals surface area contributed by atoms with E-state index in [0.717, 1.165) is 18.4 Å². The first-order valence-corrected chi connectivity index (χ1v) is 7.26. The van der Waals surface area contributed by atoms with Crippen LogP contribution in [0.15, 0.2) is 30.3 Å². The first-order valence-electron chi connectivity index (χ1n) is 7.26. The molecule has 5 heteroatoms. The van der Waals surface area contributed by atoms with Gasteiger partial charge in [-0.05, 0) is 18.9 Å². The van der Waals surface area contributed by atoms with Crippen molar-refractivity contribution in [2.45, 2.75) is 38.8 Å². The Labute approximate surface area is 126 Å². The summed E-state index contributed by atoms with van der Waals surface area (Å²) in [5.74, 6) is -0.525. The van der Waals surface area contributed by atoms with Crippen LogP contribution in [0.25, 0.3) is 0 Å². The molecule has 2 unspecified atom stereocenters. The minimum Gasteiger partial charge on any atom is -0.468 e. The molecular formula is C16H24N2O3. The van der Waals surface area contributed by atoms with Crippen LogP contribution < -0.4 is 10.6 Å². The number of carbonyl (C=O) groups excluding carboxylic acids is 2. The second-order valence-corrected chi connectivity index (χ2v) is 4.90. The molecule has 1 rings (SSSR count). The third-order valence-corrected chi connectivity index (χ3v) is 3.21. The fraction of sp³-hybridized carbons (Fsp3) is 0.500. The van der Waals surface area contributed by atoms with Gasteiger partial charge in [0.05, 0.1) is 13.2 Å². The summed E-state index contributed by atoms with van der Waals surface area (Å²) in [6.07, 6.45) is 1.97. The molecule has 0 saturated heterocycles. The molecule has 1 aromatic rings. The van der Waals surface area contributed by atoms with Crippen molar-refractivity contribution in [2.24, 2.45) is 0 Å². The number of unbranched alkanes of at least 4 members (excludes halogenated alkanes) is 1. The van der Waals surface area contributed by atoms with Crippen molar-refractivity contribution >= 4 is 11.9 Å². The van der Waals surface area contributed by atoms with Crippen LogP contribution >= 0.6 is 0 Å². The number of rotatable bonds is 8. The lowest BCUT2D eigenvalue weighted by Gasteiger charge is -2.21. The minimum absolute atomic E-state index is 0.117. The van der Waals surface area contributed by atoms with E-state index in [1.165, 1.54) is 7.11 Å². The molecule has 1 amide bonds. The highest BCUT2D eigenvalue weighted by molar-refractivity contribution is 5.83. The Bertz CT molecular complexity index is 448. The average Bonchev–Trinajstić information content (AvgIpc) is 2.52. The predicted molar refractivity (Wildman–Crippen MR) is 81.7 cm³/mol. The Morgan fingerprint density at radius 3 is 2.48 bits per heavy atom. The smallest absolute Gasteiger partial charge is 0.327 e. The molecule has 0 saturated carbocycles. The zero-order chi connectivity index (χ0) is 15.7. The molecule has 5 nitrogen and oxygen atoms in total. The van der Waals surface area contributed by atoms with Crippen LogP contribution in [0, 0.1) is 0 Å². The topological polar surface area (TPSA) is 67.4 Å². The SMILES string of the molecule is CCCCNC(=O)C(C)NC(C(=O)OC)c1ccccc1. The fourth-order valence-electron chi connectivity index (χ4n) is 1.93. The number of carbonyl (C=O) groups is 2. The van der Waals surface area contributed by atoms with Crippen LogP contribution in [-0.2, 0) is 14.3 Å². The summed E-state index contributed by atoms with van der Waals surface area (Å²) in [6.45, 7) is 4.45. The van der Waals surface area contributed by atoms with Crippen LogP contribution in [0.4, 0.5) is 0 Å². The van der Waals surface area contributed by atoms with Crippen molar-refractivity contribution in [1.29, 1.82) is 0 Å². The Morgan fingerprint density at radius 1 is 1.24 bits per heavy atom. The van der Waals surface area contributed by atoms with Gasteiger partial charge in [0, 0.05) is 6.54 Å². The minimum atomic E-state index is -0.650. The highest BCUT2D eigenvalue weighted by Gasteiger charge is 2.25. The lowest BCUT2D eigenvalue weighted by atomic mass is 10.1. The number of nitrogens with one attached hydrogen (secondary N) is 2. The fourth-order valence-corrected chi connectivity index (χ4v) is 1.93. The highest BCUT2D eigenvalue weighted by Crippen LogP contribution is 2.14. The molecule has 0 aliphatic heterocycles. The summed E-state index contributed by atoms with van der Waals surface area (Å²) >= 11 is 0. The van der Waals surface area contributed by atoms with E-state index in [1.54, 1.807) is 6.92 Å².